The Labute approximate surface area is 147 Å². The lowest BCUT2D eigenvalue weighted by Crippen LogP contribution is -1.92. The third-order valence-electron chi connectivity index (χ3n) is 3.60. The Hall–Kier alpha value is -2.37. The number of ether oxygens (including phenoxy) is 1. The molecule has 0 fully saturated rings. The Morgan fingerprint density at radius 2 is 1.88 bits per heavy atom. The van der Waals surface area contributed by atoms with E-state index < -0.39 is 4.92 Å². The van der Waals surface area contributed by atoms with Crippen LogP contribution in [0.25, 0.3) is 10.9 Å². The molecule has 7 heteroatoms. The van der Waals surface area contributed by atoms with Gasteiger partial charge in [0.1, 0.15) is 5.75 Å². The van der Waals surface area contributed by atoms with E-state index in [-0.39, 0.29) is 21.5 Å². The number of halogens is 2. The zero-order valence-electron chi connectivity index (χ0n) is 12.6. The summed E-state index contributed by atoms with van der Waals surface area (Å²) in [6.07, 6.45) is 2.63. The van der Waals surface area contributed by atoms with Gasteiger partial charge in [0, 0.05) is 23.7 Å². The quantitative estimate of drug-likeness (QED) is 0.434. The molecule has 5 nitrogen and oxygen atoms in total. The number of non-ortho nitro benzene ring substituents is 1. The number of hydrogen-bond donors (Lipinski definition) is 0. The molecule has 0 aliphatic carbocycles. The number of nitro groups is 1. The van der Waals surface area contributed by atoms with E-state index in [4.69, 9.17) is 27.9 Å². The van der Waals surface area contributed by atoms with E-state index in [9.17, 15) is 10.1 Å². The zero-order valence-corrected chi connectivity index (χ0v) is 14.1. The normalized spacial score (nSPS) is 10.8. The average molecular weight is 363 g/mol. The molecular weight excluding hydrogens is 351 g/mol. The minimum Gasteiger partial charge on any atom is -0.454 e. The van der Waals surface area contributed by atoms with Crippen molar-refractivity contribution in [2.24, 2.45) is 0 Å². The monoisotopic (exact) mass is 362 g/mol. The minimum absolute atomic E-state index is 0.0798. The lowest BCUT2D eigenvalue weighted by Gasteiger charge is -2.11. The van der Waals surface area contributed by atoms with Gasteiger partial charge in [-0.05, 0) is 36.2 Å². The summed E-state index contributed by atoms with van der Waals surface area (Å²) < 4.78 is 5.77. The minimum atomic E-state index is -0.559. The predicted octanol–water partition coefficient (Wildman–Crippen LogP) is 5.80. The molecule has 0 aliphatic heterocycles. The molecule has 0 bridgehead atoms. The van der Waals surface area contributed by atoms with Gasteiger partial charge in [-0.2, -0.15) is 0 Å². The number of aromatic nitrogens is 1. The molecule has 0 aliphatic rings. The first kappa shape index (κ1) is 16.5. The molecule has 0 radical (unpaired) electrons. The number of fused-ring (bicyclic) bond motifs is 1. The summed E-state index contributed by atoms with van der Waals surface area (Å²) in [5.74, 6) is 0.716. The molecule has 0 unspecified atom stereocenters. The Morgan fingerprint density at radius 3 is 2.50 bits per heavy atom. The van der Waals surface area contributed by atoms with Gasteiger partial charge < -0.3 is 4.74 Å². The number of hydrogen-bond acceptors (Lipinski definition) is 4. The van der Waals surface area contributed by atoms with Crippen molar-refractivity contribution in [1.82, 2.24) is 4.98 Å². The summed E-state index contributed by atoms with van der Waals surface area (Å²) in [4.78, 5) is 14.6. The molecule has 0 spiro atoms. The van der Waals surface area contributed by atoms with Crippen molar-refractivity contribution >= 4 is 39.8 Å². The summed E-state index contributed by atoms with van der Waals surface area (Å²) in [6.45, 7) is 2.06. The molecule has 2 aromatic carbocycles. The van der Waals surface area contributed by atoms with E-state index in [0.717, 1.165) is 22.9 Å². The van der Waals surface area contributed by atoms with Crippen LogP contribution >= 0.6 is 23.2 Å². The molecule has 0 saturated carbocycles. The molecule has 122 valence electrons. The highest BCUT2D eigenvalue weighted by Crippen LogP contribution is 2.40. The molecule has 0 N–H and O–H groups in total. The fraction of sp³-hybridized carbons (Fsp3) is 0.118. The molecular formula is C17H12Cl2N2O3. The van der Waals surface area contributed by atoms with Crippen molar-refractivity contribution in [1.29, 1.82) is 0 Å². The van der Waals surface area contributed by atoms with E-state index in [2.05, 4.69) is 11.9 Å². The molecule has 3 rings (SSSR count). The van der Waals surface area contributed by atoms with Crippen molar-refractivity contribution in [3.05, 3.63) is 68.3 Å². The third-order valence-corrected chi connectivity index (χ3v) is 4.16. The first-order valence-corrected chi connectivity index (χ1v) is 7.94. The van der Waals surface area contributed by atoms with Crippen LogP contribution in [0.2, 0.25) is 10.0 Å². The second kappa shape index (κ2) is 6.63. The van der Waals surface area contributed by atoms with E-state index in [1.54, 1.807) is 12.3 Å². The van der Waals surface area contributed by atoms with Crippen molar-refractivity contribution < 1.29 is 9.66 Å². The van der Waals surface area contributed by atoms with E-state index in [1.807, 2.05) is 18.2 Å². The molecule has 0 saturated heterocycles. The van der Waals surface area contributed by atoms with Crippen LogP contribution in [0, 0.1) is 10.1 Å². The Bertz CT molecular complexity index is 921. The summed E-state index contributed by atoms with van der Waals surface area (Å²) in [7, 11) is 0. The van der Waals surface area contributed by atoms with E-state index in [0.29, 0.717) is 5.75 Å². The van der Waals surface area contributed by atoms with Crippen molar-refractivity contribution in [2.75, 3.05) is 0 Å². The number of nitrogens with zero attached hydrogens (tertiary/aromatic N) is 2. The first-order chi connectivity index (χ1) is 11.5. The second-order valence-corrected chi connectivity index (χ2v) is 5.91. The molecule has 0 atom stereocenters. The smallest absolute Gasteiger partial charge is 0.272 e. The third kappa shape index (κ3) is 3.13. The number of aryl methyl sites for hydroxylation is 1. The SMILES string of the molecule is CCc1ccnc2ccc(Oc3c(Cl)cc([N+](=O)[O-])cc3Cl)cc12. The van der Waals surface area contributed by atoms with Gasteiger partial charge in [0.15, 0.2) is 5.75 Å². The van der Waals surface area contributed by atoms with E-state index in [1.165, 1.54) is 12.1 Å². The average Bonchev–Trinajstić information content (AvgIpc) is 2.57. The molecule has 24 heavy (non-hydrogen) atoms. The van der Waals surface area contributed by atoms with Crippen LogP contribution in [-0.4, -0.2) is 9.91 Å². The number of rotatable bonds is 4. The second-order valence-electron chi connectivity index (χ2n) is 5.10. The fourth-order valence-corrected chi connectivity index (χ4v) is 2.97. The predicted molar refractivity (Wildman–Crippen MR) is 94.3 cm³/mol. The summed E-state index contributed by atoms with van der Waals surface area (Å²) in [5, 5.41) is 12.0. The van der Waals surface area contributed by atoms with Crippen LogP contribution in [0.4, 0.5) is 5.69 Å². The van der Waals surface area contributed by atoms with E-state index >= 15 is 0 Å². The number of nitro benzene ring substituents is 1. The van der Waals surface area contributed by atoms with Crippen LogP contribution in [0.5, 0.6) is 11.5 Å². The van der Waals surface area contributed by atoms with Gasteiger partial charge in [-0.25, -0.2) is 0 Å². The maximum Gasteiger partial charge on any atom is 0.272 e. The summed E-state index contributed by atoms with van der Waals surface area (Å²) >= 11 is 12.2. The van der Waals surface area contributed by atoms with Crippen LogP contribution in [-0.2, 0) is 6.42 Å². The van der Waals surface area contributed by atoms with Crippen LogP contribution in [0.3, 0.4) is 0 Å². The standard InChI is InChI=1S/C17H12Cl2N2O3/c1-2-10-5-6-20-16-4-3-12(9-13(10)16)24-17-14(18)7-11(21(22)23)8-15(17)19/h3-9H,2H2,1H3. The lowest BCUT2D eigenvalue weighted by molar-refractivity contribution is -0.384. The Kier molecular flexibility index (Phi) is 4.55. The molecule has 1 aromatic heterocycles. The lowest BCUT2D eigenvalue weighted by atomic mass is 10.1. The topological polar surface area (TPSA) is 65.3 Å². The maximum atomic E-state index is 10.8. The highest BCUT2D eigenvalue weighted by Gasteiger charge is 2.16. The number of pyridine rings is 1. The number of benzene rings is 2. The van der Waals surface area contributed by atoms with Crippen molar-refractivity contribution in [2.45, 2.75) is 13.3 Å². The van der Waals surface area contributed by atoms with Gasteiger partial charge >= 0.3 is 0 Å². The van der Waals surface area contributed by atoms with Crippen LogP contribution in [0.15, 0.2) is 42.6 Å². The van der Waals surface area contributed by atoms with Gasteiger partial charge in [0.05, 0.1) is 20.5 Å². The molecule has 0 amide bonds. The first-order valence-electron chi connectivity index (χ1n) is 7.18. The summed E-state index contributed by atoms with van der Waals surface area (Å²) in [5.41, 5.74) is 1.82. The molecule has 1 heterocycles. The Balaban J connectivity index is 2.03. The van der Waals surface area contributed by atoms with Gasteiger partial charge in [0.25, 0.3) is 5.69 Å². The highest BCUT2D eigenvalue weighted by atomic mass is 35.5. The van der Waals surface area contributed by atoms with Crippen LogP contribution < -0.4 is 4.74 Å². The maximum absolute atomic E-state index is 10.8. The largest absolute Gasteiger partial charge is 0.454 e. The van der Waals surface area contributed by atoms with Gasteiger partial charge in [0.2, 0.25) is 0 Å². The van der Waals surface area contributed by atoms with Crippen LogP contribution in [0.1, 0.15) is 12.5 Å². The summed E-state index contributed by atoms with van der Waals surface area (Å²) in [6, 6.07) is 9.83. The zero-order chi connectivity index (χ0) is 17.3. The Morgan fingerprint density at radius 1 is 1.17 bits per heavy atom. The van der Waals surface area contributed by atoms with Crippen molar-refractivity contribution in [3.8, 4) is 11.5 Å². The van der Waals surface area contributed by atoms with Gasteiger partial charge in [-0.3, -0.25) is 15.1 Å². The van der Waals surface area contributed by atoms with Gasteiger partial charge in [-0.15, -0.1) is 0 Å². The van der Waals surface area contributed by atoms with Crippen molar-refractivity contribution in [3.63, 3.8) is 0 Å². The highest BCUT2D eigenvalue weighted by molar-refractivity contribution is 6.37. The fourth-order valence-electron chi connectivity index (χ4n) is 2.42. The van der Waals surface area contributed by atoms with Gasteiger partial charge in [-0.1, -0.05) is 30.1 Å². The molecule has 3 aromatic rings.